The molecule has 7 nitrogen and oxygen atoms in total. The highest BCUT2D eigenvalue weighted by Crippen LogP contribution is 2.26. The summed E-state index contributed by atoms with van der Waals surface area (Å²) >= 11 is 0. The van der Waals surface area contributed by atoms with Crippen LogP contribution in [0.25, 0.3) is 0 Å². The molecule has 2 fully saturated rings. The Labute approximate surface area is 143 Å². The number of rotatable bonds is 3. The van der Waals surface area contributed by atoms with Crippen molar-refractivity contribution in [1.82, 2.24) is 19.4 Å². The Morgan fingerprint density at radius 2 is 1.75 bits per heavy atom. The zero-order valence-electron chi connectivity index (χ0n) is 14.2. The van der Waals surface area contributed by atoms with Crippen LogP contribution in [-0.2, 0) is 14.8 Å². The third kappa shape index (κ3) is 3.49. The fraction of sp³-hybridized carbons (Fsp3) is 0.750. The monoisotopic (exact) mass is 354 g/mol. The number of sulfonamides is 1. The summed E-state index contributed by atoms with van der Waals surface area (Å²) < 4.78 is 26.8. The van der Waals surface area contributed by atoms with Gasteiger partial charge in [-0.05, 0) is 32.6 Å². The maximum atomic E-state index is 12.7. The maximum absolute atomic E-state index is 12.7. The molecule has 134 valence electrons. The lowest BCUT2D eigenvalue weighted by atomic mass is 9.96. The highest BCUT2D eigenvalue weighted by Gasteiger charge is 2.34. The first kappa shape index (κ1) is 17.4. The Morgan fingerprint density at radius 3 is 2.29 bits per heavy atom. The van der Waals surface area contributed by atoms with E-state index in [0.717, 1.165) is 25.9 Å². The highest BCUT2D eigenvalue weighted by molar-refractivity contribution is 7.89. The molecule has 1 amide bonds. The number of hydrogen-bond donors (Lipinski definition) is 1. The quantitative estimate of drug-likeness (QED) is 0.892. The number of aromatic nitrogens is 2. The second kappa shape index (κ2) is 7.23. The first-order valence-corrected chi connectivity index (χ1v) is 10.2. The van der Waals surface area contributed by atoms with Gasteiger partial charge in [0.25, 0.3) is 0 Å². The number of carbonyl (C=O) groups excluding carboxylic acids is 1. The Bertz CT molecular complexity index is 669. The van der Waals surface area contributed by atoms with Crippen molar-refractivity contribution in [1.29, 1.82) is 0 Å². The summed E-state index contributed by atoms with van der Waals surface area (Å²) in [7, 11) is -3.51. The molecule has 0 unspecified atom stereocenters. The number of amides is 1. The fourth-order valence-electron chi connectivity index (χ4n) is 3.63. The second-order valence-corrected chi connectivity index (χ2v) is 8.68. The van der Waals surface area contributed by atoms with E-state index in [9.17, 15) is 13.2 Å². The minimum Gasteiger partial charge on any atom is -0.342 e. The molecule has 2 saturated heterocycles. The molecule has 8 heteroatoms. The van der Waals surface area contributed by atoms with Crippen molar-refractivity contribution in [2.75, 3.05) is 26.2 Å². The van der Waals surface area contributed by atoms with E-state index in [-0.39, 0.29) is 16.7 Å². The van der Waals surface area contributed by atoms with E-state index in [1.54, 1.807) is 6.92 Å². The van der Waals surface area contributed by atoms with Crippen molar-refractivity contribution < 1.29 is 13.2 Å². The summed E-state index contributed by atoms with van der Waals surface area (Å²) in [6, 6.07) is 0. The fourth-order valence-corrected chi connectivity index (χ4v) is 5.22. The zero-order chi connectivity index (χ0) is 17.2. The predicted molar refractivity (Wildman–Crippen MR) is 89.9 cm³/mol. The van der Waals surface area contributed by atoms with E-state index in [2.05, 4.69) is 10.2 Å². The molecule has 3 rings (SSSR count). The molecule has 0 aromatic carbocycles. The predicted octanol–water partition coefficient (Wildman–Crippen LogP) is 1.52. The van der Waals surface area contributed by atoms with Gasteiger partial charge in [-0.15, -0.1) is 0 Å². The Balaban J connectivity index is 1.61. The number of piperidine rings is 1. The molecule has 0 saturated carbocycles. The number of hydrogen-bond acceptors (Lipinski definition) is 4. The van der Waals surface area contributed by atoms with Crippen molar-refractivity contribution in [2.24, 2.45) is 5.92 Å². The lowest BCUT2D eigenvalue weighted by molar-refractivity contribution is -0.136. The zero-order valence-corrected chi connectivity index (χ0v) is 15.0. The smallest absolute Gasteiger partial charge is 0.246 e. The minimum atomic E-state index is -3.51. The third-order valence-electron chi connectivity index (χ3n) is 5.12. The number of carbonyl (C=O) groups is 1. The van der Waals surface area contributed by atoms with Crippen LogP contribution >= 0.6 is 0 Å². The van der Waals surface area contributed by atoms with Crippen LogP contribution in [0.2, 0.25) is 0 Å². The van der Waals surface area contributed by atoms with Gasteiger partial charge in [-0.3, -0.25) is 9.89 Å². The van der Waals surface area contributed by atoms with Gasteiger partial charge in [0, 0.05) is 32.1 Å². The van der Waals surface area contributed by atoms with Gasteiger partial charge < -0.3 is 4.90 Å². The molecular formula is C16H26N4O3S. The summed E-state index contributed by atoms with van der Waals surface area (Å²) in [4.78, 5) is 14.9. The van der Waals surface area contributed by atoms with Crippen molar-refractivity contribution in [3.05, 3.63) is 11.9 Å². The Morgan fingerprint density at radius 1 is 1.12 bits per heavy atom. The average molecular weight is 354 g/mol. The topological polar surface area (TPSA) is 86.4 Å². The van der Waals surface area contributed by atoms with E-state index < -0.39 is 10.0 Å². The van der Waals surface area contributed by atoms with E-state index in [4.69, 9.17) is 0 Å². The van der Waals surface area contributed by atoms with Crippen LogP contribution in [0.5, 0.6) is 0 Å². The largest absolute Gasteiger partial charge is 0.342 e. The van der Waals surface area contributed by atoms with Crippen LogP contribution in [-0.4, -0.2) is 59.9 Å². The number of aryl methyl sites for hydroxylation is 1. The van der Waals surface area contributed by atoms with Crippen LogP contribution in [0.3, 0.4) is 0 Å². The highest BCUT2D eigenvalue weighted by atomic mass is 32.2. The van der Waals surface area contributed by atoms with Gasteiger partial charge in [0.15, 0.2) is 0 Å². The van der Waals surface area contributed by atoms with Crippen molar-refractivity contribution in [2.45, 2.75) is 50.3 Å². The molecule has 24 heavy (non-hydrogen) atoms. The molecular weight excluding hydrogens is 328 g/mol. The summed E-state index contributed by atoms with van der Waals surface area (Å²) in [6.07, 6.45) is 7.13. The molecule has 0 spiro atoms. The Kier molecular flexibility index (Phi) is 5.24. The van der Waals surface area contributed by atoms with E-state index in [1.807, 2.05) is 4.90 Å². The molecule has 0 aliphatic carbocycles. The van der Waals surface area contributed by atoms with Crippen molar-refractivity contribution in [3.8, 4) is 0 Å². The molecule has 2 aliphatic rings. The van der Waals surface area contributed by atoms with Gasteiger partial charge in [0.05, 0.1) is 11.9 Å². The molecule has 0 bridgehead atoms. The van der Waals surface area contributed by atoms with Crippen LogP contribution in [0.4, 0.5) is 0 Å². The number of aromatic amines is 1. The summed E-state index contributed by atoms with van der Waals surface area (Å²) in [5, 5.41) is 6.48. The molecule has 1 aromatic rings. The molecule has 1 aromatic heterocycles. The number of H-pyrrole nitrogens is 1. The van der Waals surface area contributed by atoms with Gasteiger partial charge in [-0.1, -0.05) is 12.8 Å². The normalized spacial score (nSPS) is 21.6. The standard InChI is InChI=1S/C16H26N4O3S/c1-13-15(12-17-18-13)24(22,23)20-10-6-14(7-11-20)16(21)19-8-4-2-3-5-9-19/h12,14H,2-11H2,1H3,(H,17,18). The summed E-state index contributed by atoms with van der Waals surface area (Å²) in [5.41, 5.74) is 0.553. The molecule has 0 atom stereocenters. The average Bonchev–Trinajstić information content (AvgIpc) is 2.85. The minimum absolute atomic E-state index is 0.0417. The molecule has 0 radical (unpaired) electrons. The SMILES string of the molecule is Cc1[nH]ncc1S(=O)(=O)N1CCC(C(=O)N2CCCCCC2)CC1. The first-order chi connectivity index (χ1) is 11.5. The number of nitrogens with zero attached hydrogens (tertiary/aromatic N) is 3. The lowest BCUT2D eigenvalue weighted by Gasteiger charge is -2.33. The Hall–Kier alpha value is -1.41. The van der Waals surface area contributed by atoms with E-state index >= 15 is 0 Å². The van der Waals surface area contributed by atoms with E-state index in [1.165, 1.54) is 23.3 Å². The van der Waals surface area contributed by atoms with Gasteiger partial charge in [0.1, 0.15) is 4.90 Å². The van der Waals surface area contributed by atoms with Crippen LogP contribution in [0.1, 0.15) is 44.2 Å². The number of likely N-dealkylation sites (tertiary alicyclic amines) is 1. The summed E-state index contributed by atoms with van der Waals surface area (Å²) in [5.74, 6) is 0.174. The number of nitrogens with one attached hydrogen (secondary N) is 1. The van der Waals surface area contributed by atoms with Crippen molar-refractivity contribution >= 4 is 15.9 Å². The first-order valence-electron chi connectivity index (χ1n) is 8.79. The maximum Gasteiger partial charge on any atom is 0.246 e. The molecule has 3 heterocycles. The van der Waals surface area contributed by atoms with Gasteiger partial charge in [0.2, 0.25) is 15.9 Å². The third-order valence-corrected chi connectivity index (χ3v) is 7.13. The van der Waals surface area contributed by atoms with Crippen LogP contribution in [0.15, 0.2) is 11.1 Å². The van der Waals surface area contributed by atoms with Crippen LogP contribution < -0.4 is 0 Å². The summed E-state index contributed by atoms with van der Waals surface area (Å²) in [6.45, 7) is 4.21. The van der Waals surface area contributed by atoms with Crippen LogP contribution in [0, 0.1) is 12.8 Å². The van der Waals surface area contributed by atoms with E-state index in [0.29, 0.717) is 31.6 Å². The molecule has 2 aliphatic heterocycles. The van der Waals surface area contributed by atoms with Gasteiger partial charge in [-0.25, -0.2) is 8.42 Å². The lowest BCUT2D eigenvalue weighted by Crippen LogP contribution is -2.44. The van der Waals surface area contributed by atoms with Gasteiger partial charge in [-0.2, -0.15) is 9.40 Å². The molecule has 1 N–H and O–H groups in total. The van der Waals surface area contributed by atoms with Crippen molar-refractivity contribution in [3.63, 3.8) is 0 Å². The second-order valence-electron chi connectivity index (χ2n) is 6.78. The van der Waals surface area contributed by atoms with Gasteiger partial charge >= 0.3 is 0 Å².